The molecule has 4 aromatic rings. The van der Waals surface area contributed by atoms with E-state index in [2.05, 4.69) is 30.6 Å². The zero-order valence-electron chi connectivity index (χ0n) is 15.6. The molecule has 0 aliphatic carbocycles. The molecule has 0 radical (unpaired) electrons. The molecular formula is C21H15Cl2N7. The summed E-state index contributed by atoms with van der Waals surface area (Å²) in [6.45, 7) is 1.19. The number of hydrogen-bond acceptors (Lipinski definition) is 7. The number of nitrogens with one attached hydrogen (secondary N) is 2. The molecule has 0 fully saturated rings. The SMILES string of the molecule is N#Cc1ccc(NCCNc2nc(-c3ccc(Cl)cc3Cl)nc3cccnc23)cn1. The van der Waals surface area contributed by atoms with E-state index in [1.54, 1.807) is 36.7 Å². The number of nitriles is 1. The molecular weight excluding hydrogens is 421 g/mol. The van der Waals surface area contributed by atoms with Gasteiger partial charge in [0, 0.05) is 29.9 Å². The molecule has 0 aliphatic rings. The van der Waals surface area contributed by atoms with Gasteiger partial charge < -0.3 is 10.6 Å². The molecule has 0 aliphatic heterocycles. The summed E-state index contributed by atoms with van der Waals surface area (Å²) in [6.07, 6.45) is 3.33. The Balaban J connectivity index is 1.54. The smallest absolute Gasteiger partial charge is 0.163 e. The maximum Gasteiger partial charge on any atom is 0.163 e. The lowest BCUT2D eigenvalue weighted by atomic mass is 10.2. The molecule has 3 aromatic heterocycles. The Morgan fingerprint density at radius 3 is 2.60 bits per heavy atom. The summed E-state index contributed by atoms with van der Waals surface area (Å²) < 4.78 is 0. The first-order chi connectivity index (χ1) is 14.6. The van der Waals surface area contributed by atoms with E-state index in [1.165, 1.54) is 0 Å². The van der Waals surface area contributed by atoms with Gasteiger partial charge in [-0.1, -0.05) is 23.2 Å². The average molecular weight is 436 g/mol. The van der Waals surface area contributed by atoms with Gasteiger partial charge in [-0.25, -0.2) is 15.0 Å². The van der Waals surface area contributed by atoms with Crippen molar-refractivity contribution in [3.63, 3.8) is 0 Å². The van der Waals surface area contributed by atoms with Crippen LogP contribution in [0.25, 0.3) is 22.4 Å². The summed E-state index contributed by atoms with van der Waals surface area (Å²) in [5.74, 6) is 1.10. The quantitative estimate of drug-likeness (QED) is 0.419. The van der Waals surface area contributed by atoms with Crippen molar-refractivity contribution in [2.24, 2.45) is 0 Å². The zero-order valence-corrected chi connectivity index (χ0v) is 17.1. The van der Waals surface area contributed by atoms with Gasteiger partial charge >= 0.3 is 0 Å². The summed E-state index contributed by atoms with van der Waals surface area (Å²) in [7, 11) is 0. The van der Waals surface area contributed by atoms with Crippen LogP contribution < -0.4 is 10.6 Å². The van der Waals surface area contributed by atoms with Crippen LogP contribution in [-0.4, -0.2) is 33.0 Å². The van der Waals surface area contributed by atoms with Gasteiger partial charge in [-0.3, -0.25) is 4.98 Å². The third kappa shape index (κ3) is 4.40. The van der Waals surface area contributed by atoms with Gasteiger partial charge in [0.05, 0.1) is 22.4 Å². The lowest BCUT2D eigenvalue weighted by Crippen LogP contribution is -2.15. The van der Waals surface area contributed by atoms with Crippen molar-refractivity contribution in [3.05, 3.63) is 70.6 Å². The summed E-state index contributed by atoms with van der Waals surface area (Å²) >= 11 is 12.4. The highest BCUT2D eigenvalue weighted by Gasteiger charge is 2.13. The fourth-order valence-corrected chi connectivity index (χ4v) is 3.33. The van der Waals surface area contributed by atoms with Crippen LogP contribution in [0.4, 0.5) is 11.5 Å². The van der Waals surface area contributed by atoms with Crippen LogP contribution in [0.3, 0.4) is 0 Å². The molecule has 1 aromatic carbocycles. The van der Waals surface area contributed by atoms with Crippen LogP contribution >= 0.6 is 23.2 Å². The molecule has 2 N–H and O–H groups in total. The van der Waals surface area contributed by atoms with Crippen molar-refractivity contribution < 1.29 is 0 Å². The van der Waals surface area contributed by atoms with E-state index in [1.807, 2.05) is 24.3 Å². The van der Waals surface area contributed by atoms with Crippen molar-refractivity contribution in [3.8, 4) is 17.5 Å². The number of pyridine rings is 2. The third-order valence-corrected chi connectivity index (χ3v) is 4.80. The number of hydrogen-bond donors (Lipinski definition) is 2. The van der Waals surface area contributed by atoms with Crippen LogP contribution in [0.1, 0.15) is 5.69 Å². The number of aromatic nitrogens is 4. The molecule has 3 heterocycles. The van der Waals surface area contributed by atoms with E-state index in [0.717, 1.165) is 5.69 Å². The van der Waals surface area contributed by atoms with Crippen LogP contribution in [0.2, 0.25) is 10.0 Å². The summed E-state index contributed by atoms with van der Waals surface area (Å²) in [4.78, 5) is 17.7. The minimum absolute atomic E-state index is 0.380. The average Bonchev–Trinajstić information content (AvgIpc) is 2.77. The molecule has 148 valence electrons. The molecule has 0 saturated carbocycles. The summed E-state index contributed by atoms with van der Waals surface area (Å²) in [5, 5.41) is 16.4. The van der Waals surface area contributed by atoms with Gasteiger partial charge in [-0.15, -0.1) is 0 Å². The number of halogens is 2. The monoisotopic (exact) mass is 435 g/mol. The van der Waals surface area contributed by atoms with E-state index in [-0.39, 0.29) is 0 Å². The van der Waals surface area contributed by atoms with Crippen LogP contribution in [0, 0.1) is 11.3 Å². The van der Waals surface area contributed by atoms with E-state index >= 15 is 0 Å². The predicted octanol–water partition coefficient (Wildman–Crippen LogP) is 4.79. The van der Waals surface area contributed by atoms with Crippen molar-refractivity contribution in [2.45, 2.75) is 0 Å². The first kappa shape index (κ1) is 19.8. The highest BCUT2D eigenvalue weighted by atomic mass is 35.5. The molecule has 9 heteroatoms. The number of fused-ring (bicyclic) bond motifs is 1. The lowest BCUT2D eigenvalue weighted by Gasteiger charge is -2.12. The second-order valence-electron chi connectivity index (χ2n) is 6.29. The normalized spacial score (nSPS) is 10.6. The highest BCUT2D eigenvalue weighted by molar-refractivity contribution is 6.36. The molecule has 0 amide bonds. The molecule has 0 spiro atoms. The summed E-state index contributed by atoms with van der Waals surface area (Å²) in [6, 6.07) is 14.4. The third-order valence-electron chi connectivity index (χ3n) is 4.25. The molecule has 0 saturated heterocycles. The van der Waals surface area contributed by atoms with E-state index in [0.29, 0.717) is 57.1 Å². The van der Waals surface area contributed by atoms with Crippen molar-refractivity contribution in [1.82, 2.24) is 19.9 Å². The fraction of sp³-hybridized carbons (Fsp3) is 0.0952. The Bertz CT molecular complexity index is 1240. The van der Waals surface area contributed by atoms with E-state index in [4.69, 9.17) is 28.5 Å². The van der Waals surface area contributed by atoms with Crippen molar-refractivity contribution >= 4 is 45.7 Å². The summed E-state index contributed by atoms with van der Waals surface area (Å²) in [5.41, 5.74) is 3.28. The van der Waals surface area contributed by atoms with Crippen molar-refractivity contribution in [1.29, 1.82) is 5.26 Å². The number of rotatable bonds is 6. The zero-order chi connectivity index (χ0) is 20.9. The Kier molecular flexibility index (Phi) is 5.89. The largest absolute Gasteiger partial charge is 0.382 e. The first-order valence-electron chi connectivity index (χ1n) is 9.06. The molecule has 0 atom stereocenters. The highest BCUT2D eigenvalue weighted by Crippen LogP contribution is 2.30. The van der Waals surface area contributed by atoms with Gasteiger partial charge in [0.2, 0.25) is 0 Å². The van der Waals surface area contributed by atoms with E-state index in [9.17, 15) is 0 Å². The Labute approximate surface area is 182 Å². The predicted molar refractivity (Wildman–Crippen MR) is 119 cm³/mol. The maximum absolute atomic E-state index is 8.81. The first-order valence-corrected chi connectivity index (χ1v) is 9.82. The Morgan fingerprint density at radius 2 is 1.83 bits per heavy atom. The van der Waals surface area contributed by atoms with Gasteiger partial charge in [0.1, 0.15) is 17.3 Å². The molecule has 7 nitrogen and oxygen atoms in total. The van der Waals surface area contributed by atoms with Crippen LogP contribution in [-0.2, 0) is 0 Å². The minimum atomic E-state index is 0.380. The van der Waals surface area contributed by atoms with Crippen molar-refractivity contribution in [2.75, 3.05) is 23.7 Å². The van der Waals surface area contributed by atoms with Gasteiger partial charge in [-0.2, -0.15) is 5.26 Å². The van der Waals surface area contributed by atoms with Gasteiger partial charge in [0.15, 0.2) is 11.6 Å². The second kappa shape index (κ2) is 8.91. The van der Waals surface area contributed by atoms with E-state index < -0.39 is 0 Å². The van der Waals surface area contributed by atoms with Gasteiger partial charge in [0.25, 0.3) is 0 Å². The number of nitrogens with zero attached hydrogens (tertiary/aromatic N) is 5. The topological polar surface area (TPSA) is 99.4 Å². The molecule has 0 bridgehead atoms. The molecule has 4 rings (SSSR count). The Morgan fingerprint density at radius 1 is 0.967 bits per heavy atom. The number of anilines is 2. The fourth-order valence-electron chi connectivity index (χ4n) is 2.83. The second-order valence-corrected chi connectivity index (χ2v) is 7.13. The number of benzene rings is 1. The minimum Gasteiger partial charge on any atom is -0.382 e. The molecule has 0 unspecified atom stereocenters. The van der Waals surface area contributed by atoms with Gasteiger partial charge in [-0.05, 0) is 42.5 Å². The maximum atomic E-state index is 8.81. The Hall–Kier alpha value is -3.47. The van der Waals surface area contributed by atoms with Crippen LogP contribution in [0.5, 0.6) is 0 Å². The standard InChI is InChI=1S/C21H15Cl2N7/c22-13-3-6-16(17(23)10-13)20-29-18-2-1-7-26-19(18)21(30-20)27-9-8-25-15-5-4-14(11-24)28-12-15/h1-7,10,12,25H,8-9H2,(H,27,29,30). The lowest BCUT2D eigenvalue weighted by molar-refractivity contribution is 1.05. The molecule has 30 heavy (non-hydrogen) atoms. The van der Waals surface area contributed by atoms with Crippen LogP contribution in [0.15, 0.2) is 54.9 Å².